The van der Waals surface area contributed by atoms with Gasteiger partial charge in [0.15, 0.2) is 0 Å². The fraction of sp³-hybridized carbons (Fsp3) is 1.00. The van der Waals surface area contributed by atoms with Crippen molar-refractivity contribution in [3.63, 3.8) is 0 Å². The first-order chi connectivity index (χ1) is 8.18. The van der Waals surface area contributed by atoms with Gasteiger partial charge in [-0.2, -0.15) is 0 Å². The maximum atomic E-state index is 6.12. The van der Waals surface area contributed by atoms with Crippen molar-refractivity contribution in [2.45, 2.75) is 52.0 Å². The van der Waals surface area contributed by atoms with Gasteiger partial charge in [0, 0.05) is 31.8 Å². The van der Waals surface area contributed by atoms with Crippen molar-refractivity contribution in [2.24, 2.45) is 11.7 Å². The third kappa shape index (κ3) is 3.94. The largest absolute Gasteiger partial charge is 0.380 e. The van der Waals surface area contributed by atoms with Crippen molar-refractivity contribution in [1.82, 2.24) is 4.90 Å². The zero-order valence-electron chi connectivity index (χ0n) is 11.9. The van der Waals surface area contributed by atoms with Gasteiger partial charge in [-0.3, -0.25) is 4.90 Å². The molecule has 0 radical (unpaired) electrons. The molecule has 0 bridgehead atoms. The highest BCUT2D eigenvalue weighted by molar-refractivity contribution is 4.92. The normalized spacial score (nSPS) is 24.0. The highest BCUT2D eigenvalue weighted by atomic mass is 16.5. The first-order valence-corrected chi connectivity index (χ1v) is 7.21. The number of hydrogen-bond donors (Lipinski definition) is 1. The van der Waals surface area contributed by atoms with Gasteiger partial charge in [0.05, 0.1) is 6.61 Å². The quantitative estimate of drug-likeness (QED) is 0.776. The second-order valence-electron chi connectivity index (χ2n) is 5.45. The van der Waals surface area contributed by atoms with Crippen LogP contribution in [0, 0.1) is 5.92 Å². The lowest BCUT2D eigenvalue weighted by Crippen LogP contribution is -2.55. The van der Waals surface area contributed by atoms with Crippen molar-refractivity contribution >= 4 is 0 Å². The van der Waals surface area contributed by atoms with E-state index in [0.717, 1.165) is 51.6 Å². The summed E-state index contributed by atoms with van der Waals surface area (Å²) in [6, 6.07) is 0. The molecule has 17 heavy (non-hydrogen) atoms. The van der Waals surface area contributed by atoms with Crippen LogP contribution in [0.3, 0.4) is 0 Å². The standard InChI is InChI=1S/C14H30N2O/c1-4-13(3)11-14(5-2,12-15)16-7-6-9-17-10-8-16/h13H,4-12,15H2,1-3H3. The number of hydrogen-bond acceptors (Lipinski definition) is 3. The molecule has 0 aromatic heterocycles. The van der Waals surface area contributed by atoms with Gasteiger partial charge in [-0.25, -0.2) is 0 Å². The van der Waals surface area contributed by atoms with E-state index in [1.54, 1.807) is 0 Å². The van der Waals surface area contributed by atoms with Gasteiger partial charge in [0.25, 0.3) is 0 Å². The molecule has 1 aliphatic rings. The van der Waals surface area contributed by atoms with Crippen molar-refractivity contribution in [2.75, 3.05) is 32.8 Å². The molecule has 1 rings (SSSR count). The topological polar surface area (TPSA) is 38.5 Å². The van der Waals surface area contributed by atoms with E-state index in [1.807, 2.05) is 0 Å². The summed E-state index contributed by atoms with van der Waals surface area (Å²) in [6.07, 6.45) is 4.75. The predicted molar refractivity (Wildman–Crippen MR) is 73.2 cm³/mol. The van der Waals surface area contributed by atoms with Gasteiger partial charge in [-0.05, 0) is 25.2 Å². The Morgan fingerprint density at radius 1 is 1.29 bits per heavy atom. The molecular weight excluding hydrogens is 212 g/mol. The Hall–Kier alpha value is -0.120. The van der Waals surface area contributed by atoms with Crippen LogP contribution >= 0.6 is 0 Å². The molecule has 0 aliphatic carbocycles. The lowest BCUT2D eigenvalue weighted by atomic mass is 9.83. The SMILES string of the molecule is CCC(C)CC(CC)(CN)N1CCCOCC1. The minimum Gasteiger partial charge on any atom is -0.380 e. The average Bonchev–Trinajstić information content (AvgIpc) is 2.65. The van der Waals surface area contributed by atoms with E-state index >= 15 is 0 Å². The minimum atomic E-state index is 0.198. The monoisotopic (exact) mass is 242 g/mol. The van der Waals surface area contributed by atoms with Gasteiger partial charge < -0.3 is 10.5 Å². The van der Waals surface area contributed by atoms with Crippen molar-refractivity contribution in [3.8, 4) is 0 Å². The van der Waals surface area contributed by atoms with Crippen molar-refractivity contribution in [3.05, 3.63) is 0 Å². The first-order valence-electron chi connectivity index (χ1n) is 7.21. The van der Waals surface area contributed by atoms with Crippen molar-refractivity contribution < 1.29 is 4.74 Å². The van der Waals surface area contributed by atoms with Gasteiger partial charge >= 0.3 is 0 Å². The van der Waals surface area contributed by atoms with Crippen LogP contribution in [-0.2, 0) is 4.74 Å². The molecule has 1 heterocycles. The number of ether oxygens (including phenoxy) is 1. The molecule has 1 fully saturated rings. The van der Waals surface area contributed by atoms with Gasteiger partial charge in [0.1, 0.15) is 0 Å². The van der Waals surface area contributed by atoms with Crippen molar-refractivity contribution in [1.29, 1.82) is 0 Å². The van der Waals surface area contributed by atoms with Crippen LogP contribution in [0.5, 0.6) is 0 Å². The van der Waals surface area contributed by atoms with Crippen LogP contribution in [0.25, 0.3) is 0 Å². The second kappa shape index (κ2) is 7.34. The molecule has 102 valence electrons. The Balaban J connectivity index is 2.72. The molecule has 1 aliphatic heterocycles. The predicted octanol–water partition coefficient (Wildman–Crippen LogP) is 2.25. The number of rotatable bonds is 6. The summed E-state index contributed by atoms with van der Waals surface area (Å²) in [4.78, 5) is 2.59. The summed E-state index contributed by atoms with van der Waals surface area (Å²) < 4.78 is 5.56. The zero-order valence-corrected chi connectivity index (χ0v) is 11.9. The Morgan fingerprint density at radius 3 is 2.65 bits per heavy atom. The molecule has 2 unspecified atom stereocenters. The Kier molecular flexibility index (Phi) is 6.45. The van der Waals surface area contributed by atoms with Crippen LogP contribution in [0.4, 0.5) is 0 Å². The van der Waals surface area contributed by atoms with Crippen LogP contribution in [0.2, 0.25) is 0 Å². The maximum absolute atomic E-state index is 6.12. The van der Waals surface area contributed by atoms with Crippen LogP contribution in [0.15, 0.2) is 0 Å². The van der Waals surface area contributed by atoms with E-state index in [9.17, 15) is 0 Å². The smallest absolute Gasteiger partial charge is 0.0593 e. The summed E-state index contributed by atoms with van der Waals surface area (Å²) in [5, 5.41) is 0. The molecule has 0 saturated carbocycles. The van der Waals surface area contributed by atoms with Gasteiger partial charge in [-0.1, -0.05) is 27.2 Å². The Labute approximate surface area is 107 Å². The summed E-state index contributed by atoms with van der Waals surface area (Å²) in [6.45, 7) is 11.6. The lowest BCUT2D eigenvalue weighted by Gasteiger charge is -2.44. The molecule has 2 atom stereocenters. The molecule has 0 spiro atoms. The lowest BCUT2D eigenvalue weighted by molar-refractivity contribution is 0.0595. The van der Waals surface area contributed by atoms with Crippen LogP contribution in [-0.4, -0.2) is 43.3 Å². The minimum absolute atomic E-state index is 0.198. The van der Waals surface area contributed by atoms with E-state index in [0.29, 0.717) is 0 Å². The second-order valence-corrected chi connectivity index (χ2v) is 5.45. The van der Waals surface area contributed by atoms with Crippen LogP contribution < -0.4 is 5.73 Å². The van der Waals surface area contributed by atoms with Gasteiger partial charge in [-0.15, -0.1) is 0 Å². The summed E-state index contributed by atoms with van der Waals surface area (Å²) >= 11 is 0. The van der Waals surface area contributed by atoms with Gasteiger partial charge in [0.2, 0.25) is 0 Å². The number of nitrogens with two attached hydrogens (primary N) is 1. The van der Waals surface area contributed by atoms with E-state index in [4.69, 9.17) is 10.5 Å². The van der Waals surface area contributed by atoms with E-state index < -0.39 is 0 Å². The summed E-state index contributed by atoms with van der Waals surface area (Å²) in [7, 11) is 0. The molecule has 1 saturated heterocycles. The zero-order chi connectivity index (χ0) is 12.7. The summed E-state index contributed by atoms with van der Waals surface area (Å²) in [5.74, 6) is 0.752. The van der Waals surface area contributed by atoms with E-state index in [-0.39, 0.29) is 5.54 Å². The summed E-state index contributed by atoms with van der Waals surface area (Å²) in [5.41, 5.74) is 6.32. The molecule has 0 aromatic carbocycles. The molecule has 2 N–H and O–H groups in total. The molecule has 3 nitrogen and oxygen atoms in total. The molecule has 3 heteroatoms. The average molecular weight is 242 g/mol. The fourth-order valence-corrected chi connectivity index (χ4v) is 2.87. The fourth-order valence-electron chi connectivity index (χ4n) is 2.87. The maximum Gasteiger partial charge on any atom is 0.0593 e. The highest BCUT2D eigenvalue weighted by Crippen LogP contribution is 2.29. The van der Waals surface area contributed by atoms with E-state index in [2.05, 4.69) is 25.7 Å². The highest BCUT2D eigenvalue weighted by Gasteiger charge is 2.34. The van der Waals surface area contributed by atoms with E-state index in [1.165, 1.54) is 12.8 Å². The first kappa shape index (κ1) is 14.9. The Morgan fingerprint density at radius 2 is 2.06 bits per heavy atom. The third-order valence-electron chi connectivity index (χ3n) is 4.36. The molecular formula is C14H30N2O. The third-order valence-corrected chi connectivity index (χ3v) is 4.36. The molecule has 0 aromatic rings. The Bertz CT molecular complexity index is 196. The number of nitrogens with zero attached hydrogens (tertiary/aromatic N) is 1. The van der Waals surface area contributed by atoms with Crippen LogP contribution in [0.1, 0.15) is 46.5 Å². The molecule has 0 amide bonds.